The van der Waals surface area contributed by atoms with Crippen LogP contribution in [0.4, 0.5) is 0 Å². The van der Waals surface area contributed by atoms with Gasteiger partial charge >= 0.3 is 0 Å². The molecule has 0 aromatic carbocycles. The normalized spacial score (nSPS) is 10.9. The Hall–Kier alpha value is -1.05. The van der Waals surface area contributed by atoms with Crippen molar-refractivity contribution in [3.05, 3.63) is 33.7 Å². The summed E-state index contributed by atoms with van der Waals surface area (Å²) in [5.41, 5.74) is 2.29. The Morgan fingerprint density at radius 2 is 2.07 bits per heavy atom. The smallest absolute Gasteiger partial charge is 0.253 e. The summed E-state index contributed by atoms with van der Waals surface area (Å²) in [4.78, 5) is 11.9. The molecule has 0 bridgehead atoms. The second kappa shape index (κ2) is 4.45. The first-order valence-electron chi connectivity index (χ1n) is 5.24. The molecule has 0 aliphatic heterocycles. The fourth-order valence-electron chi connectivity index (χ4n) is 1.68. The maximum atomic E-state index is 11.9. The Labute approximate surface area is 85.6 Å². The molecule has 1 rings (SSSR count). The van der Waals surface area contributed by atoms with Crippen molar-refractivity contribution in [3.8, 4) is 0 Å². The van der Waals surface area contributed by atoms with Gasteiger partial charge in [0.05, 0.1) is 0 Å². The minimum absolute atomic E-state index is 0.173. The summed E-state index contributed by atoms with van der Waals surface area (Å²) < 4.78 is 1.78. The molecule has 0 fully saturated rings. The second-order valence-electron chi connectivity index (χ2n) is 4.23. The van der Waals surface area contributed by atoms with Gasteiger partial charge < -0.3 is 4.57 Å². The predicted molar refractivity (Wildman–Crippen MR) is 59.7 cm³/mol. The molecule has 78 valence electrons. The van der Waals surface area contributed by atoms with Crippen LogP contribution in [0.5, 0.6) is 0 Å². The maximum absolute atomic E-state index is 11.9. The number of rotatable bonds is 3. The molecule has 0 amide bonds. The highest BCUT2D eigenvalue weighted by atomic mass is 16.1. The molecular weight excluding hydrogens is 174 g/mol. The lowest BCUT2D eigenvalue weighted by Gasteiger charge is -2.09. The first-order valence-corrected chi connectivity index (χ1v) is 5.24. The minimum Gasteiger partial charge on any atom is -0.315 e. The molecule has 1 heterocycles. The third-order valence-corrected chi connectivity index (χ3v) is 2.27. The van der Waals surface area contributed by atoms with Gasteiger partial charge in [-0.1, -0.05) is 13.8 Å². The van der Waals surface area contributed by atoms with Crippen LogP contribution in [-0.2, 0) is 13.0 Å². The standard InChI is InChI=1S/C12H19NO/c1-5-13-8-10(4)7-11(12(13)14)6-9(2)3/h7-9H,5-6H2,1-4H3. The van der Waals surface area contributed by atoms with Gasteiger partial charge in [-0.3, -0.25) is 4.79 Å². The molecule has 0 saturated heterocycles. The van der Waals surface area contributed by atoms with Crippen LogP contribution in [-0.4, -0.2) is 4.57 Å². The van der Waals surface area contributed by atoms with E-state index in [9.17, 15) is 4.79 Å². The molecule has 0 aliphatic rings. The van der Waals surface area contributed by atoms with Gasteiger partial charge in [0.25, 0.3) is 5.56 Å². The Morgan fingerprint density at radius 1 is 1.43 bits per heavy atom. The van der Waals surface area contributed by atoms with Gasteiger partial charge in [-0.2, -0.15) is 0 Å². The first kappa shape index (κ1) is 11.0. The molecule has 1 aromatic heterocycles. The van der Waals surface area contributed by atoms with Crippen molar-refractivity contribution in [2.75, 3.05) is 0 Å². The Kier molecular flexibility index (Phi) is 3.50. The molecule has 0 unspecified atom stereocenters. The molecule has 2 nitrogen and oxygen atoms in total. The summed E-state index contributed by atoms with van der Waals surface area (Å²) in [6.07, 6.45) is 2.80. The first-order chi connectivity index (χ1) is 6.54. The Balaban J connectivity index is 3.16. The minimum atomic E-state index is 0.173. The van der Waals surface area contributed by atoms with Gasteiger partial charge in [0, 0.05) is 18.3 Å². The van der Waals surface area contributed by atoms with Gasteiger partial charge in [-0.05, 0) is 37.8 Å². The van der Waals surface area contributed by atoms with Crippen molar-refractivity contribution in [1.29, 1.82) is 0 Å². The predicted octanol–water partition coefficient (Wildman–Crippen LogP) is 2.38. The molecule has 0 atom stereocenters. The summed E-state index contributed by atoms with van der Waals surface area (Å²) in [6.45, 7) is 9.07. The highest BCUT2D eigenvalue weighted by Crippen LogP contribution is 2.05. The Morgan fingerprint density at radius 3 is 2.57 bits per heavy atom. The van der Waals surface area contributed by atoms with Crippen LogP contribution in [0.2, 0.25) is 0 Å². The summed E-state index contributed by atoms with van der Waals surface area (Å²) in [7, 11) is 0. The molecule has 2 heteroatoms. The van der Waals surface area contributed by atoms with Crippen LogP contribution in [0.25, 0.3) is 0 Å². The van der Waals surface area contributed by atoms with Crippen LogP contribution in [0.3, 0.4) is 0 Å². The van der Waals surface area contributed by atoms with E-state index in [1.54, 1.807) is 4.57 Å². The fourth-order valence-corrected chi connectivity index (χ4v) is 1.68. The largest absolute Gasteiger partial charge is 0.315 e. The average Bonchev–Trinajstić information content (AvgIpc) is 2.09. The monoisotopic (exact) mass is 193 g/mol. The quantitative estimate of drug-likeness (QED) is 0.722. The zero-order valence-electron chi connectivity index (χ0n) is 9.50. The molecule has 0 N–H and O–H groups in total. The van der Waals surface area contributed by atoms with Gasteiger partial charge in [0.2, 0.25) is 0 Å². The van der Waals surface area contributed by atoms with Gasteiger partial charge in [0.1, 0.15) is 0 Å². The lowest BCUT2D eigenvalue weighted by Crippen LogP contribution is -2.23. The van der Waals surface area contributed by atoms with Crippen molar-refractivity contribution in [2.24, 2.45) is 5.92 Å². The number of hydrogen-bond donors (Lipinski definition) is 0. The SMILES string of the molecule is CCn1cc(C)cc(CC(C)C)c1=O. The van der Waals surface area contributed by atoms with E-state index in [0.717, 1.165) is 18.5 Å². The van der Waals surface area contributed by atoms with Crippen molar-refractivity contribution >= 4 is 0 Å². The summed E-state index contributed by atoms with van der Waals surface area (Å²) >= 11 is 0. The van der Waals surface area contributed by atoms with E-state index in [0.29, 0.717) is 5.92 Å². The second-order valence-corrected chi connectivity index (χ2v) is 4.23. The van der Waals surface area contributed by atoms with Crippen molar-refractivity contribution in [1.82, 2.24) is 4.57 Å². The topological polar surface area (TPSA) is 22.0 Å². The van der Waals surface area contributed by atoms with Gasteiger partial charge in [-0.15, -0.1) is 0 Å². The van der Waals surface area contributed by atoms with Gasteiger partial charge in [0.15, 0.2) is 0 Å². The summed E-state index contributed by atoms with van der Waals surface area (Å²) in [5.74, 6) is 0.537. The van der Waals surface area contributed by atoms with E-state index in [1.165, 1.54) is 5.56 Å². The average molecular weight is 193 g/mol. The van der Waals surface area contributed by atoms with Gasteiger partial charge in [-0.25, -0.2) is 0 Å². The van der Waals surface area contributed by atoms with E-state index >= 15 is 0 Å². The summed E-state index contributed by atoms with van der Waals surface area (Å²) in [6, 6.07) is 2.01. The molecule has 14 heavy (non-hydrogen) atoms. The van der Waals surface area contributed by atoms with Crippen LogP contribution in [0.1, 0.15) is 31.9 Å². The van der Waals surface area contributed by atoms with E-state index < -0.39 is 0 Å². The van der Waals surface area contributed by atoms with Crippen LogP contribution >= 0.6 is 0 Å². The number of nitrogens with zero attached hydrogens (tertiary/aromatic N) is 1. The zero-order valence-corrected chi connectivity index (χ0v) is 9.50. The highest BCUT2D eigenvalue weighted by Gasteiger charge is 2.05. The third kappa shape index (κ3) is 2.47. The fraction of sp³-hybridized carbons (Fsp3) is 0.583. The van der Waals surface area contributed by atoms with E-state index in [1.807, 2.05) is 26.1 Å². The lowest BCUT2D eigenvalue weighted by atomic mass is 10.0. The molecule has 0 spiro atoms. The molecule has 0 aliphatic carbocycles. The van der Waals surface area contributed by atoms with Crippen molar-refractivity contribution < 1.29 is 0 Å². The Bertz CT molecular complexity index is 363. The van der Waals surface area contributed by atoms with Crippen molar-refractivity contribution in [3.63, 3.8) is 0 Å². The lowest BCUT2D eigenvalue weighted by molar-refractivity contribution is 0.626. The molecule has 1 aromatic rings. The number of aryl methyl sites for hydroxylation is 2. The van der Waals surface area contributed by atoms with Crippen LogP contribution in [0, 0.1) is 12.8 Å². The third-order valence-electron chi connectivity index (χ3n) is 2.27. The molecular formula is C12H19NO. The maximum Gasteiger partial charge on any atom is 0.253 e. The summed E-state index contributed by atoms with van der Waals surface area (Å²) in [5, 5.41) is 0. The van der Waals surface area contributed by atoms with Crippen LogP contribution < -0.4 is 5.56 Å². The molecule has 0 saturated carbocycles. The van der Waals surface area contributed by atoms with E-state index in [4.69, 9.17) is 0 Å². The highest BCUT2D eigenvalue weighted by molar-refractivity contribution is 5.18. The number of pyridine rings is 1. The van der Waals surface area contributed by atoms with E-state index in [2.05, 4.69) is 13.8 Å². The van der Waals surface area contributed by atoms with Crippen LogP contribution in [0.15, 0.2) is 17.1 Å². The van der Waals surface area contributed by atoms with E-state index in [-0.39, 0.29) is 5.56 Å². The number of hydrogen-bond acceptors (Lipinski definition) is 1. The molecule has 0 radical (unpaired) electrons. The van der Waals surface area contributed by atoms with Crippen molar-refractivity contribution in [2.45, 2.75) is 40.7 Å². The number of aromatic nitrogens is 1. The zero-order chi connectivity index (χ0) is 10.7.